The number of hydrogen-bond donors (Lipinski definition) is 1. The maximum absolute atomic E-state index is 13.1. The summed E-state index contributed by atoms with van der Waals surface area (Å²) >= 11 is 0. The maximum atomic E-state index is 13.1. The molecular weight excluding hydrogens is 370 g/mol. The molecule has 29 heavy (non-hydrogen) atoms. The second kappa shape index (κ2) is 6.90. The van der Waals surface area contributed by atoms with Gasteiger partial charge in [0.05, 0.1) is 11.7 Å². The Morgan fingerprint density at radius 1 is 1.21 bits per heavy atom. The van der Waals surface area contributed by atoms with Crippen LogP contribution in [0.1, 0.15) is 56.3 Å². The highest BCUT2D eigenvalue weighted by Crippen LogP contribution is 2.42. The molecule has 3 fully saturated rings. The van der Waals surface area contributed by atoms with Gasteiger partial charge < -0.3 is 19.3 Å². The van der Waals surface area contributed by atoms with Crippen molar-refractivity contribution in [2.24, 2.45) is 5.92 Å². The Balaban J connectivity index is 1.30. The highest BCUT2D eigenvalue weighted by Gasteiger charge is 2.56. The molecule has 1 aromatic carbocycles. The molecule has 1 N–H and O–H groups in total. The third-order valence-corrected chi connectivity index (χ3v) is 6.56. The van der Waals surface area contributed by atoms with Crippen molar-refractivity contribution >= 4 is 11.8 Å². The molecule has 1 unspecified atom stereocenters. The lowest BCUT2D eigenvalue weighted by Gasteiger charge is -2.45. The Kier molecular flexibility index (Phi) is 4.46. The minimum atomic E-state index is -0.288. The van der Waals surface area contributed by atoms with Crippen molar-refractivity contribution in [3.63, 3.8) is 0 Å². The third kappa shape index (κ3) is 3.25. The second-order valence-corrected chi connectivity index (χ2v) is 9.16. The van der Waals surface area contributed by atoms with Gasteiger partial charge in [-0.15, -0.1) is 0 Å². The van der Waals surface area contributed by atoms with E-state index < -0.39 is 0 Å². The molecule has 1 spiro atoms. The van der Waals surface area contributed by atoms with Gasteiger partial charge in [0.1, 0.15) is 0 Å². The molecule has 1 aliphatic carbocycles. The van der Waals surface area contributed by atoms with E-state index in [2.05, 4.69) is 24.1 Å². The summed E-state index contributed by atoms with van der Waals surface area (Å²) in [6.07, 6.45) is 4.62. The Morgan fingerprint density at radius 2 is 1.93 bits per heavy atom. The van der Waals surface area contributed by atoms with Gasteiger partial charge in [0.15, 0.2) is 11.5 Å². The smallest absolute Gasteiger partial charge is 0.253 e. The fraction of sp³-hybridized carbons (Fsp3) is 0.636. The normalized spacial score (nSPS) is 25.3. The van der Waals surface area contributed by atoms with Gasteiger partial charge in [-0.2, -0.15) is 0 Å². The molecule has 0 bridgehead atoms. The average molecular weight is 399 g/mol. The van der Waals surface area contributed by atoms with Crippen LogP contribution in [-0.2, 0) is 4.79 Å². The largest absolute Gasteiger partial charge is 0.454 e. The van der Waals surface area contributed by atoms with Crippen molar-refractivity contribution < 1.29 is 19.1 Å². The highest BCUT2D eigenvalue weighted by molar-refractivity contribution is 5.95. The number of piperidine rings is 1. The van der Waals surface area contributed by atoms with Gasteiger partial charge in [0.25, 0.3) is 5.91 Å². The van der Waals surface area contributed by atoms with E-state index in [1.165, 1.54) is 0 Å². The van der Waals surface area contributed by atoms with Gasteiger partial charge in [-0.25, -0.2) is 0 Å². The molecule has 5 rings (SSSR count). The number of carbonyl (C=O) groups is 2. The lowest BCUT2D eigenvalue weighted by Crippen LogP contribution is -2.60. The Hall–Kier alpha value is -2.28. The second-order valence-electron chi connectivity index (χ2n) is 9.16. The van der Waals surface area contributed by atoms with Crippen molar-refractivity contribution in [3.8, 4) is 11.5 Å². The summed E-state index contributed by atoms with van der Waals surface area (Å²) in [5.41, 5.74) is 0.334. The number of amides is 2. The molecule has 3 aliphatic heterocycles. The van der Waals surface area contributed by atoms with Gasteiger partial charge in [-0.3, -0.25) is 14.9 Å². The van der Waals surface area contributed by atoms with E-state index in [1.54, 1.807) is 18.2 Å². The van der Waals surface area contributed by atoms with E-state index in [0.717, 1.165) is 32.1 Å². The topological polar surface area (TPSA) is 71.1 Å². The van der Waals surface area contributed by atoms with Gasteiger partial charge in [0.2, 0.25) is 12.7 Å². The molecule has 4 aliphatic rings. The first kappa shape index (κ1) is 18.7. The molecule has 1 aromatic rings. The lowest BCUT2D eigenvalue weighted by molar-refractivity contribution is -0.134. The molecule has 156 valence electrons. The van der Waals surface area contributed by atoms with Crippen LogP contribution in [0.3, 0.4) is 0 Å². The van der Waals surface area contributed by atoms with Crippen molar-refractivity contribution in [1.82, 2.24) is 15.1 Å². The zero-order chi connectivity index (χ0) is 20.2. The minimum absolute atomic E-state index is 0.0131. The number of nitrogens with one attached hydrogen (secondary N) is 1. The number of rotatable bonds is 4. The molecule has 2 saturated heterocycles. The molecule has 0 aromatic heterocycles. The van der Waals surface area contributed by atoms with Crippen LogP contribution in [0.2, 0.25) is 0 Å². The predicted octanol–water partition coefficient (Wildman–Crippen LogP) is 2.36. The van der Waals surface area contributed by atoms with E-state index in [9.17, 15) is 9.59 Å². The summed E-state index contributed by atoms with van der Waals surface area (Å²) in [7, 11) is 0. The number of likely N-dealkylation sites (tertiary alicyclic amines) is 1. The number of fused-ring (bicyclic) bond motifs is 1. The first-order valence-corrected chi connectivity index (χ1v) is 10.8. The molecular formula is C22H29N3O4. The molecule has 7 nitrogen and oxygen atoms in total. The number of hydrogen-bond acceptors (Lipinski definition) is 5. The van der Waals surface area contributed by atoms with Crippen molar-refractivity contribution in [1.29, 1.82) is 0 Å². The van der Waals surface area contributed by atoms with Gasteiger partial charge in [0, 0.05) is 37.5 Å². The number of nitrogens with zero attached hydrogens (tertiary/aromatic N) is 2. The van der Waals surface area contributed by atoms with Crippen LogP contribution in [0.5, 0.6) is 11.5 Å². The Labute approximate surface area is 171 Å². The van der Waals surface area contributed by atoms with Crippen LogP contribution >= 0.6 is 0 Å². The first-order chi connectivity index (χ1) is 14.0. The number of carbonyl (C=O) groups excluding carboxylic acids is 2. The Morgan fingerprint density at radius 3 is 2.62 bits per heavy atom. The van der Waals surface area contributed by atoms with Gasteiger partial charge in [-0.05, 0) is 43.4 Å². The van der Waals surface area contributed by atoms with E-state index in [0.29, 0.717) is 42.1 Å². The van der Waals surface area contributed by atoms with E-state index in [-0.39, 0.29) is 30.3 Å². The average Bonchev–Trinajstić information content (AvgIpc) is 3.35. The Bertz CT molecular complexity index is 827. The SMILES string of the molecule is CC(C)CC1NC2(CCN(C(=O)c3ccc4c(c3)OCO4)CC2)N(C2CC2)C1=O. The third-order valence-electron chi connectivity index (χ3n) is 6.56. The quantitative estimate of drug-likeness (QED) is 0.842. The number of ether oxygens (including phenoxy) is 2. The molecule has 7 heteroatoms. The summed E-state index contributed by atoms with van der Waals surface area (Å²) < 4.78 is 10.7. The summed E-state index contributed by atoms with van der Waals surface area (Å²) in [4.78, 5) is 30.2. The van der Waals surface area contributed by atoms with Crippen molar-refractivity contribution in [2.75, 3.05) is 19.9 Å². The first-order valence-electron chi connectivity index (χ1n) is 10.8. The van der Waals surface area contributed by atoms with Crippen molar-refractivity contribution in [2.45, 2.75) is 63.7 Å². The predicted molar refractivity (Wildman–Crippen MR) is 107 cm³/mol. The maximum Gasteiger partial charge on any atom is 0.253 e. The van der Waals surface area contributed by atoms with E-state index in [4.69, 9.17) is 9.47 Å². The van der Waals surface area contributed by atoms with Crippen LogP contribution in [0.25, 0.3) is 0 Å². The molecule has 0 radical (unpaired) electrons. The monoisotopic (exact) mass is 399 g/mol. The summed E-state index contributed by atoms with van der Waals surface area (Å²) in [5, 5.41) is 3.69. The zero-order valence-electron chi connectivity index (χ0n) is 17.1. The molecule has 1 atom stereocenters. The van der Waals surface area contributed by atoms with Crippen LogP contribution < -0.4 is 14.8 Å². The summed E-state index contributed by atoms with van der Waals surface area (Å²) in [6, 6.07) is 5.65. The lowest BCUT2D eigenvalue weighted by atomic mass is 9.95. The summed E-state index contributed by atoms with van der Waals surface area (Å²) in [5.74, 6) is 2.06. The molecule has 1 saturated carbocycles. The van der Waals surface area contributed by atoms with Crippen LogP contribution in [0, 0.1) is 5.92 Å². The minimum Gasteiger partial charge on any atom is -0.454 e. The fourth-order valence-corrected chi connectivity index (χ4v) is 5.00. The fourth-order valence-electron chi connectivity index (χ4n) is 5.00. The van der Waals surface area contributed by atoms with Crippen LogP contribution in [-0.4, -0.2) is 59.2 Å². The number of benzene rings is 1. The molecule has 3 heterocycles. The summed E-state index contributed by atoms with van der Waals surface area (Å²) in [6.45, 7) is 5.81. The molecule has 2 amide bonds. The standard InChI is InChI=1S/C22H29N3O4/c1-14(2)11-17-21(27)25(16-4-5-16)22(23-17)7-9-24(10-8-22)20(26)15-3-6-18-19(12-15)29-13-28-18/h3,6,12,14,16-17,23H,4-5,7-11,13H2,1-2H3. The highest BCUT2D eigenvalue weighted by atomic mass is 16.7. The van der Waals surface area contributed by atoms with E-state index >= 15 is 0 Å². The zero-order valence-corrected chi connectivity index (χ0v) is 17.1. The van der Waals surface area contributed by atoms with Crippen LogP contribution in [0.15, 0.2) is 18.2 Å². The van der Waals surface area contributed by atoms with Crippen LogP contribution in [0.4, 0.5) is 0 Å². The van der Waals surface area contributed by atoms with Gasteiger partial charge >= 0.3 is 0 Å². The van der Waals surface area contributed by atoms with Crippen molar-refractivity contribution in [3.05, 3.63) is 23.8 Å². The van der Waals surface area contributed by atoms with E-state index in [1.807, 2.05) is 4.90 Å². The van der Waals surface area contributed by atoms with Gasteiger partial charge in [-0.1, -0.05) is 13.8 Å².